The molecule has 2 aromatic carbocycles. The zero-order valence-electron chi connectivity index (χ0n) is 16.1. The van der Waals surface area contributed by atoms with Crippen molar-refractivity contribution in [2.75, 3.05) is 7.11 Å². The molecule has 3 rings (SSSR count). The Labute approximate surface area is 185 Å². The summed E-state index contributed by atoms with van der Waals surface area (Å²) in [5.74, 6) is -1.25. The minimum absolute atomic E-state index is 0.00397. The molecule has 0 N–H and O–H groups in total. The van der Waals surface area contributed by atoms with Crippen molar-refractivity contribution < 1.29 is 28.2 Å². The van der Waals surface area contributed by atoms with E-state index < -0.39 is 23.2 Å². The molecular weight excluding hydrogens is 477 g/mol. The highest BCUT2D eigenvalue weighted by Gasteiger charge is 2.41. The van der Waals surface area contributed by atoms with Gasteiger partial charge in [0.05, 0.1) is 12.0 Å². The number of nitrogens with zero attached hydrogens (tertiary/aromatic N) is 1. The molecule has 9 heteroatoms. The molecule has 1 saturated heterocycles. The van der Waals surface area contributed by atoms with Crippen LogP contribution in [0.1, 0.15) is 18.1 Å². The summed E-state index contributed by atoms with van der Waals surface area (Å²) >= 11 is 4.09. The van der Waals surface area contributed by atoms with Gasteiger partial charge < -0.3 is 9.47 Å². The molecule has 0 aromatic heterocycles. The van der Waals surface area contributed by atoms with Crippen LogP contribution in [0.5, 0.6) is 5.75 Å². The number of thioether (sulfide) groups is 1. The summed E-state index contributed by atoms with van der Waals surface area (Å²) in [6.07, 6.45) is 1.51. The van der Waals surface area contributed by atoms with Crippen LogP contribution < -0.4 is 4.74 Å². The number of rotatable bonds is 6. The molecule has 30 heavy (non-hydrogen) atoms. The molecular formula is C21H17BrFNO5S. The molecule has 2 amide bonds. The first-order chi connectivity index (χ1) is 14.3. The fourth-order valence-electron chi connectivity index (χ4n) is 2.77. The molecule has 1 fully saturated rings. The topological polar surface area (TPSA) is 72.9 Å². The van der Waals surface area contributed by atoms with Crippen LogP contribution in [-0.2, 0) is 20.9 Å². The summed E-state index contributed by atoms with van der Waals surface area (Å²) in [4.78, 5) is 37.7. The Bertz CT molecular complexity index is 1040. The van der Waals surface area contributed by atoms with Gasteiger partial charge in [0.25, 0.3) is 11.1 Å². The number of halogens is 2. The van der Waals surface area contributed by atoms with E-state index >= 15 is 0 Å². The predicted octanol–water partition coefficient (Wildman–Crippen LogP) is 4.77. The Morgan fingerprint density at radius 1 is 1.27 bits per heavy atom. The summed E-state index contributed by atoms with van der Waals surface area (Å²) in [6, 6.07) is 10.4. The number of amides is 2. The Balaban J connectivity index is 1.87. The third kappa shape index (κ3) is 4.73. The highest BCUT2D eigenvalue weighted by molar-refractivity contribution is 9.10. The molecule has 0 aliphatic carbocycles. The SMILES string of the molecule is COC(=O)[C@H](C)N1C(=O)S/C(=C/c2cc(Br)ccc2OCc2ccccc2F)C1=O. The molecule has 0 spiro atoms. The second kappa shape index (κ2) is 9.44. The maximum Gasteiger partial charge on any atom is 0.328 e. The first-order valence-corrected chi connectivity index (χ1v) is 10.4. The fraction of sp³-hybridized carbons (Fsp3) is 0.190. The van der Waals surface area contributed by atoms with E-state index in [9.17, 15) is 18.8 Å². The number of carbonyl (C=O) groups excluding carboxylic acids is 3. The summed E-state index contributed by atoms with van der Waals surface area (Å²) in [7, 11) is 1.19. The molecule has 0 unspecified atom stereocenters. The number of methoxy groups -OCH3 is 1. The van der Waals surface area contributed by atoms with Gasteiger partial charge in [0.1, 0.15) is 24.2 Å². The van der Waals surface area contributed by atoms with Gasteiger partial charge in [0, 0.05) is 15.6 Å². The van der Waals surface area contributed by atoms with E-state index in [0.717, 1.165) is 21.1 Å². The molecule has 2 aromatic rings. The van der Waals surface area contributed by atoms with Gasteiger partial charge in [-0.05, 0) is 49.0 Å². The van der Waals surface area contributed by atoms with Crippen molar-refractivity contribution in [2.24, 2.45) is 0 Å². The smallest absolute Gasteiger partial charge is 0.328 e. The fourth-order valence-corrected chi connectivity index (χ4v) is 4.04. The van der Waals surface area contributed by atoms with E-state index in [0.29, 0.717) is 16.9 Å². The number of hydrogen-bond donors (Lipinski definition) is 0. The van der Waals surface area contributed by atoms with Crippen LogP contribution in [0.3, 0.4) is 0 Å². The van der Waals surface area contributed by atoms with Gasteiger partial charge in [0.2, 0.25) is 0 Å². The largest absolute Gasteiger partial charge is 0.488 e. The van der Waals surface area contributed by atoms with E-state index in [2.05, 4.69) is 20.7 Å². The van der Waals surface area contributed by atoms with Crippen molar-refractivity contribution in [3.05, 3.63) is 68.8 Å². The van der Waals surface area contributed by atoms with Crippen molar-refractivity contribution in [3.63, 3.8) is 0 Å². The van der Waals surface area contributed by atoms with Crippen LogP contribution in [0, 0.1) is 5.82 Å². The maximum atomic E-state index is 13.9. The highest BCUT2D eigenvalue weighted by Crippen LogP contribution is 2.36. The zero-order chi connectivity index (χ0) is 21.8. The van der Waals surface area contributed by atoms with Crippen LogP contribution >= 0.6 is 27.7 Å². The van der Waals surface area contributed by atoms with Gasteiger partial charge in [-0.3, -0.25) is 14.5 Å². The number of imide groups is 1. The Kier molecular flexibility index (Phi) is 6.94. The van der Waals surface area contributed by atoms with Crippen LogP contribution in [-0.4, -0.2) is 35.2 Å². The predicted molar refractivity (Wildman–Crippen MR) is 114 cm³/mol. The van der Waals surface area contributed by atoms with E-state index in [1.165, 1.54) is 26.2 Å². The summed E-state index contributed by atoms with van der Waals surface area (Å²) in [6.45, 7) is 1.42. The number of esters is 1. The quantitative estimate of drug-likeness (QED) is 0.426. The van der Waals surface area contributed by atoms with Crippen molar-refractivity contribution in [1.82, 2.24) is 4.90 Å². The first kappa shape index (κ1) is 22.0. The lowest BCUT2D eigenvalue weighted by atomic mass is 10.1. The monoisotopic (exact) mass is 493 g/mol. The third-order valence-corrected chi connectivity index (χ3v) is 5.73. The highest BCUT2D eigenvalue weighted by atomic mass is 79.9. The lowest BCUT2D eigenvalue weighted by Gasteiger charge is -2.18. The molecule has 0 bridgehead atoms. The van der Waals surface area contributed by atoms with E-state index in [-0.39, 0.29) is 17.3 Å². The molecule has 1 aliphatic heterocycles. The number of carbonyl (C=O) groups is 3. The molecule has 1 atom stereocenters. The molecule has 0 radical (unpaired) electrons. The Morgan fingerprint density at radius 2 is 2.00 bits per heavy atom. The van der Waals surface area contributed by atoms with Gasteiger partial charge in [-0.25, -0.2) is 9.18 Å². The second-order valence-electron chi connectivity index (χ2n) is 6.31. The van der Waals surface area contributed by atoms with Gasteiger partial charge in [-0.15, -0.1) is 0 Å². The number of ether oxygens (including phenoxy) is 2. The third-order valence-electron chi connectivity index (χ3n) is 4.35. The second-order valence-corrected chi connectivity index (χ2v) is 8.22. The first-order valence-electron chi connectivity index (χ1n) is 8.82. The number of hydrogen-bond acceptors (Lipinski definition) is 6. The maximum absolute atomic E-state index is 13.9. The average molecular weight is 494 g/mol. The zero-order valence-corrected chi connectivity index (χ0v) is 18.5. The number of benzene rings is 2. The molecule has 0 saturated carbocycles. The Morgan fingerprint density at radius 3 is 2.70 bits per heavy atom. The van der Waals surface area contributed by atoms with E-state index in [1.54, 1.807) is 36.4 Å². The van der Waals surface area contributed by atoms with Crippen molar-refractivity contribution in [1.29, 1.82) is 0 Å². The normalized spacial score (nSPS) is 16.1. The van der Waals surface area contributed by atoms with Gasteiger partial charge in [0.15, 0.2) is 0 Å². The molecule has 156 valence electrons. The van der Waals surface area contributed by atoms with E-state index in [1.807, 2.05) is 0 Å². The van der Waals surface area contributed by atoms with Crippen LogP contribution in [0.4, 0.5) is 9.18 Å². The van der Waals surface area contributed by atoms with Crippen molar-refractivity contribution >= 4 is 50.9 Å². The van der Waals surface area contributed by atoms with Gasteiger partial charge in [-0.2, -0.15) is 0 Å². The van der Waals surface area contributed by atoms with Crippen LogP contribution in [0.15, 0.2) is 51.8 Å². The molecule has 1 heterocycles. The average Bonchev–Trinajstić information content (AvgIpc) is 3.00. The minimum atomic E-state index is -1.03. The minimum Gasteiger partial charge on any atom is -0.488 e. The van der Waals surface area contributed by atoms with Gasteiger partial charge in [-0.1, -0.05) is 34.1 Å². The molecule has 1 aliphatic rings. The summed E-state index contributed by atoms with van der Waals surface area (Å²) in [5.41, 5.74) is 0.913. The lowest BCUT2D eigenvalue weighted by Crippen LogP contribution is -2.42. The van der Waals surface area contributed by atoms with Crippen LogP contribution in [0.25, 0.3) is 6.08 Å². The van der Waals surface area contributed by atoms with Crippen molar-refractivity contribution in [2.45, 2.75) is 19.6 Å². The van der Waals surface area contributed by atoms with Crippen LogP contribution in [0.2, 0.25) is 0 Å². The van der Waals surface area contributed by atoms with Gasteiger partial charge >= 0.3 is 5.97 Å². The standard InChI is InChI=1S/C21H17BrFNO5S/c1-12(20(26)28-2)24-19(25)18(30-21(24)27)10-14-9-15(22)7-8-17(14)29-11-13-5-3-4-6-16(13)23/h3-10,12H,11H2,1-2H3/b18-10+/t12-/m0/s1. The summed E-state index contributed by atoms with van der Waals surface area (Å²) < 4.78 is 25.0. The summed E-state index contributed by atoms with van der Waals surface area (Å²) in [5, 5.41) is -0.562. The van der Waals surface area contributed by atoms with Crippen molar-refractivity contribution in [3.8, 4) is 5.75 Å². The van der Waals surface area contributed by atoms with E-state index in [4.69, 9.17) is 4.74 Å². The molecule has 6 nitrogen and oxygen atoms in total. The Hall–Kier alpha value is -2.65. The lowest BCUT2D eigenvalue weighted by molar-refractivity contribution is -0.148.